The average molecular weight is 316 g/mol. The maximum Gasteiger partial charge on any atom is 0.336 e. The minimum Gasteiger partial charge on any atom is -0.478 e. The standard InChI is InChI=1S/C15H12N2O2S2/c1-2-9-4-3-5-16-13(9)14-17-11(8-21-14)12-6-10(7-20-12)15(18)19/h3-8H,2H2,1H3,(H,18,19). The van der Waals surface area contributed by atoms with Crippen LogP contribution in [-0.2, 0) is 6.42 Å². The van der Waals surface area contributed by atoms with Gasteiger partial charge in [0.2, 0.25) is 0 Å². The number of thiophene rings is 1. The van der Waals surface area contributed by atoms with Crippen LogP contribution in [-0.4, -0.2) is 21.0 Å². The minimum atomic E-state index is -0.911. The van der Waals surface area contributed by atoms with Gasteiger partial charge in [0, 0.05) is 17.0 Å². The van der Waals surface area contributed by atoms with Crippen molar-refractivity contribution in [2.24, 2.45) is 0 Å². The van der Waals surface area contributed by atoms with Crippen molar-refractivity contribution in [2.45, 2.75) is 13.3 Å². The first-order valence-corrected chi connectivity index (χ1v) is 8.17. The van der Waals surface area contributed by atoms with Crippen LogP contribution in [0, 0.1) is 0 Å². The molecule has 1 N–H and O–H groups in total. The third-order valence-electron chi connectivity index (χ3n) is 3.08. The van der Waals surface area contributed by atoms with E-state index in [4.69, 9.17) is 5.11 Å². The average Bonchev–Trinajstić information content (AvgIpc) is 3.16. The summed E-state index contributed by atoms with van der Waals surface area (Å²) in [6.07, 6.45) is 2.67. The number of hydrogen-bond acceptors (Lipinski definition) is 5. The van der Waals surface area contributed by atoms with Crippen LogP contribution in [0.5, 0.6) is 0 Å². The lowest BCUT2D eigenvalue weighted by molar-refractivity contribution is 0.0697. The SMILES string of the molecule is CCc1cccnc1-c1nc(-c2cc(C(=O)O)cs2)cs1. The van der Waals surface area contributed by atoms with Gasteiger partial charge >= 0.3 is 5.97 Å². The maximum absolute atomic E-state index is 10.9. The van der Waals surface area contributed by atoms with Crippen molar-refractivity contribution in [3.05, 3.63) is 46.3 Å². The quantitative estimate of drug-likeness (QED) is 0.783. The molecular weight excluding hydrogens is 304 g/mol. The van der Waals surface area contributed by atoms with E-state index in [0.29, 0.717) is 5.56 Å². The summed E-state index contributed by atoms with van der Waals surface area (Å²) in [5.74, 6) is -0.911. The number of hydrogen-bond donors (Lipinski definition) is 1. The molecule has 4 nitrogen and oxygen atoms in total. The Labute approximate surface area is 129 Å². The van der Waals surface area contributed by atoms with Crippen LogP contribution in [0.1, 0.15) is 22.8 Å². The molecule has 0 bridgehead atoms. The summed E-state index contributed by atoms with van der Waals surface area (Å²) in [6.45, 7) is 2.09. The van der Waals surface area contributed by atoms with Crippen LogP contribution >= 0.6 is 22.7 Å². The second-order valence-corrected chi connectivity index (χ2v) is 6.18. The molecule has 0 spiro atoms. The number of aromatic carboxylic acids is 1. The Kier molecular flexibility index (Phi) is 3.81. The van der Waals surface area contributed by atoms with Gasteiger partial charge in [-0.2, -0.15) is 0 Å². The number of aromatic nitrogens is 2. The predicted octanol–water partition coefficient (Wildman–Crippen LogP) is 4.19. The van der Waals surface area contributed by atoms with Crippen molar-refractivity contribution in [1.82, 2.24) is 9.97 Å². The minimum absolute atomic E-state index is 0.302. The molecule has 3 heterocycles. The number of nitrogens with zero attached hydrogens (tertiary/aromatic N) is 2. The molecule has 106 valence electrons. The lowest BCUT2D eigenvalue weighted by atomic mass is 10.1. The van der Waals surface area contributed by atoms with Gasteiger partial charge in [0.15, 0.2) is 0 Å². The molecule has 0 aromatic carbocycles. The zero-order chi connectivity index (χ0) is 14.8. The summed E-state index contributed by atoms with van der Waals surface area (Å²) < 4.78 is 0. The van der Waals surface area contributed by atoms with Crippen molar-refractivity contribution in [1.29, 1.82) is 0 Å². The molecule has 6 heteroatoms. The zero-order valence-electron chi connectivity index (χ0n) is 11.2. The fraction of sp³-hybridized carbons (Fsp3) is 0.133. The molecule has 0 aliphatic rings. The van der Waals surface area contributed by atoms with Gasteiger partial charge < -0.3 is 5.11 Å². The van der Waals surface area contributed by atoms with Crippen molar-refractivity contribution in [3.63, 3.8) is 0 Å². The molecule has 0 radical (unpaired) electrons. The molecule has 0 atom stereocenters. The van der Waals surface area contributed by atoms with E-state index in [1.165, 1.54) is 22.7 Å². The van der Waals surface area contributed by atoms with Gasteiger partial charge in [0.05, 0.1) is 16.1 Å². The van der Waals surface area contributed by atoms with Crippen molar-refractivity contribution >= 4 is 28.6 Å². The number of carboxylic acid groups (broad SMARTS) is 1. The van der Waals surface area contributed by atoms with E-state index in [-0.39, 0.29) is 0 Å². The van der Waals surface area contributed by atoms with Crippen LogP contribution in [0.25, 0.3) is 21.3 Å². The Morgan fingerprint density at radius 3 is 2.90 bits per heavy atom. The third kappa shape index (κ3) is 2.72. The zero-order valence-corrected chi connectivity index (χ0v) is 12.9. The highest BCUT2D eigenvalue weighted by atomic mass is 32.1. The molecule has 0 saturated carbocycles. The number of aryl methyl sites for hydroxylation is 1. The Morgan fingerprint density at radius 1 is 1.33 bits per heavy atom. The Balaban J connectivity index is 1.97. The predicted molar refractivity (Wildman–Crippen MR) is 85.0 cm³/mol. The largest absolute Gasteiger partial charge is 0.478 e. The van der Waals surface area contributed by atoms with Gasteiger partial charge in [0.1, 0.15) is 10.7 Å². The number of carbonyl (C=O) groups is 1. The first kappa shape index (κ1) is 13.9. The summed E-state index contributed by atoms with van der Waals surface area (Å²) in [7, 11) is 0. The number of carboxylic acids is 1. The van der Waals surface area contributed by atoms with Crippen LogP contribution in [0.4, 0.5) is 0 Å². The van der Waals surface area contributed by atoms with Gasteiger partial charge in [0.25, 0.3) is 0 Å². The molecule has 3 aromatic heterocycles. The summed E-state index contributed by atoms with van der Waals surface area (Å²) >= 11 is 2.92. The van der Waals surface area contributed by atoms with E-state index in [1.54, 1.807) is 17.6 Å². The van der Waals surface area contributed by atoms with Gasteiger partial charge in [-0.25, -0.2) is 9.78 Å². The molecule has 3 aromatic rings. The fourth-order valence-electron chi connectivity index (χ4n) is 1.99. The van der Waals surface area contributed by atoms with E-state index in [9.17, 15) is 4.79 Å². The van der Waals surface area contributed by atoms with Gasteiger partial charge in [-0.15, -0.1) is 22.7 Å². The summed E-state index contributed by atoms with van der Waals surface area (Å²) in [4.78, 5) is 20.8. The second-order valence-electron chi connectivity index (χ2n) is 4.41. The molecule has 3 rings (SSSR count). The number of thiazole rings is 1. The normalized spacial score (nSPS) is 10.7. The van der Waals surface area contributed by atoms with Crippen LogP contribution < -0.4 is 0 Å². The van der Waals surface area contributed by atoms with E-state index < -0.39 is 5.97 Å². The topological polar surface area (TPSA) is 63.1 Å². The van der Waals surface area contributed by atoms with E-state index >= 15 is 0 Å². The van der Waals surface area contributed by atoms with Crippen LogP contribution in [0.3, 0.4) is 0 Å². The van der Waals surface area contributed by atoms with E-state index in [2.05, 4.69) is 23.0 Å². The molecule has 0 fully saturated rings. The van der Waals surface area contributed by atoms with E-state index in [0.717, 1.165) is 33.3 Å². The maximum atomic E-state index is 10.9. The fourth-order valence-corrected chi connectivity index (χ4v) is 3.76. The third-order valence-corrected chi connectivity index (χ3v) is 4.88. The molecule has 21 heavy (non-hydrogen) atoms. The first-order chi connectivity index (χ1) is 10.2. The summed E-state index contributed by atoms with van der Waals surface area (Å²) in [5, 5.41) is 13.4. The van der Waals surface area contributed by atoms with Gasteiger partial charge in [-0.05, 0) is 24.1 Å². The highest BCUT2D eigenvalue weighted by Gasteiger charge is 2.13. The van der Waals surface area contributed by atoms with Crippen LogP contribution in [0.15, 0.2) is 35.2 Å². The van der Waals surface area contributed by atoms with Crippen molar-refractivity contribution < 1.29 is 9.90 Å². The lowest BCUT2D eigenvalue weighted by Crippen LogP contribution is -1.91. The van der Waals surface area contributed by atoms with Gasteiger partial charge in [-0.3, -0.25) is 4.98 Å². The van der Waals surface area contributed by atoms with Crippen molar-refractivity contribution in [3.8, 4) is 21.3 Å². The Hall–Kier alpha value is -2.05. The highest BCUT2D eigenvalue weighted by Crippen LogP contribution is 2.32. The van der Waals surface area contributed by atoms with Crippen LogP contribution in [0.2, 0.25) is 0 Å². The first-order valence-electron chi connectivity index (χ1n) is 6.41. The Bertz CT molecular complexity index is 792. The molecular formula is C15H12N2O2S2. The van der Waals surface area contributed by atoms with E-state index in [1.807, 2.05) is 11.4 Å². The summed E-state index contributed by atoms with van der Waals surface area (Å²) in [6, 6.07) is 5.64. The smallest absolute Gasteiger partial charge is 0.336 e. The molecule has 0 aliphatic carbocycles. The molecule has 0 saturated heterocycles. The molecule has 0 aliphatic heterocycles. The number of rotatable bonds is 4. The second kappa shape index (κ2) is 5.75. The monoisotopic (exact) mass is 316 g/mol. The van der Waals surface area contributed by atoms with Crippen molar-refractivity contribution in [2.75, 3.05) is 0 Å². The van der Waals surface area contributed by atoms with Gasteiger partial charge in [-0.1, -0.05) is 13.0 Å². The molecule has 0 amide bonds. The molecule has 0 unspecified atom stereocenters. The summed E-state index contributed by atoms with van der Waals surface area (Å²) in [5.41, 5.74) is 3.18. The lowest BCUT2D eigenvalue weighted by Gasteiger charge is -2.02. The highest BCUT2D eigenvalue weighted by molar-refractivity contribution is 7.15. The number of pyridine rings is 1. The Morgan fingerprint density at radius 2 is 2.19 bits per heavy atom.